The molecule has 7 heteroatoms. The molecule has 3 heterocycles. The first-order valence-electron chi connectivity index (χ1n) is 8.34. The van der Waals surface area contributed by atoms with Crippen LogP contribution in [0.2, 0.25) is 0 Å². The van der Waals surface area contributed by atoms with Gasteiger partial charge in [-0.1, -0.05) is 0 Å². The van der Waals surface area contributed by atoms with Gasteiger partial charge in [-0.2, -0.15) is 0 Å². The van der Waals surface area contributed by atoms with Gasteiger partial charge < -0.3 is 20.7 Å². The van der Waals surface area contributed by atoms with Crippen molar-refractivity contribution in [2.75, 3.05) is 36.1 Å². The van der Waals surface area contributed by atoms with E-state index in [9.17, 15) is 0 Å². The minimum absolute atomic E-state index is 0.112. The molecule has 3 rings (SSSR count). The Balaban J connectivity index is 2.03. The summed E-state index contributed by atoms with van der Waals surface area (Å²) in [5, 5.41) is 4.10. The van der Waals surface area contributed by atoms with Crippen LogP contribution < -0.4 is 16.0 Å². The SMILES string of the molecule is COC1CCCN(c2cnc(N)c3cnc(NC(C)(C)C)nc23)C1. The van der Waals surface area contributed by atoms with Crippen LogP contribution in [0.25, 0.3) is 10.9 Å². The summed E-state index contributed by atoms with van der Waals surface area (Å²) in [5.41, 5.74) is 7.74. The Hall–Kier alpha value is -2.15. The van der Waals surface area contributed by atoms with Gasteiger partial charge in [-0.3, -0.25) is 0 Å². The summed E-state index contributed by atoms with van der Waals surface area (Å²) < 4.78 is 5.54. The maximum absolute atomic E-state index is 6.03. The molecule has 1 aliphatic rings. The van der Waals surface area contributed by atoms with Crippen molar-refractivity contribution in [1.82, 2.24) is 15.0 Å². The number of anilines is 3. The lowest BCUT2D eigenvalue weighted by Gasteiger charge is -2.33. The van der Waals surface area contributed by atoms with Gasteiger partial charge in [-0.25, -0.2) is 15.0 Å². The molecule has 0 spiro atoms. The van der Waals surface area contributed by atoms with Crippen LogP contribution in [0.4, 0.5) is 17.5 Å². The van der Waals surface area contributed by atoms with Gasteiger partial charge in [0.15, 0.2) is 0 Å². The van der Waals surface area contributed by atoms with Crippen LogP contribution in [0.3, 0.4) is 0 Å². The lowest BCUT2D eigenvalue weighted by atomic mass is 10.1. The van der Waals surface area contributed by atoms with Crippen molar-refractivity contribution < 1.29 is 4.74 Å². The molecule has 7 nitrogen and oxygen atoms in total. The van der Waals surface area contributed by atoms with Crippen LogP contribution in [0.15, 0.2) is 12.4 Å². The summed E-state index contributed by atoms with van der Waals surface area (Å²) in [5.74, 6) is 1.05. The number of methoxy groups -OCH3 is 1. The topological polar surface area (TPSA) is 89.2 Å². The van der Waals surface area contributed by atoms with Crippen molar-refractivity contribution in [3.8, 4) is 0 Å². The molecular formula is C17H26N6O. The second kappa shape index (κ2) is 6.39. The number of hydrogen-bond acceptors (Lipinski definition) is 7. The molecular weight excluding hydrogens is 304 g/mol. The number of aromatic nitrogens is 3. The minimum atomic E-state index is -0.112. The summed E-state index contributed by atoms with van der Waals surface area (Å²) in [6.45, 7) is 8.04. The molecule has 130 valence electrons. The highest BCUT2D eigenvalue weighted by Gasteiger charge is 2.23. The summed E-state index contributed by atoms with van der Waals surface area (Å²) in [6, 6.07) is 0. The van der Waals surface area contributed by atoms with E-state index in [4.69, 9.17) is 15.5 Å². The lowest BCUT2D eigenvalue weighted by molar-refractivity contribution is 0.0894. The number of hydrogen-bond donors (Lipinski definition) is 2. The summed E-state index contributed by atoms with van der Waals surface area (Å²) in [7, 11) is 1.76. The zero-order valence-electron chi connectivity index (χ0n) is 14.8. The number of fused-ring (bicyclic) bond motifs is 1. The first-order chi connectivity index (χ1) is 11.4. The minimum Gasteiger partial charge on any atom is -0.383 e. The molecule has 24 heavy (non-hydrogen) atoms. The van der Waals surface area contributed by atoms with E-state index in [-0.39, 0.29) is 11.6 Å². The molecule has 2 aromatic rings. The van der Waals surface area contributed by atoms with Crippen molar-refractivity contribution >= 4 is 28.4 Å². The number of nitrogens with two attached hydrogens (primary N) is 1. The number of rotatable bonds is 3. The van der Waals surface area contributed by atoms with Crippen LogP contribution in [-0.4, -0.2) is 46.8 Å². The van der Waals surface area contributed by atoms with Crippen LogP contribution in [0.1, 0.15) is 33.6 Å². The molecule has 1 atom stereocenters. The molecule has 0 aliphatic carbocycles. The van der Waals surface area contributed by atoms with Gasteiger partial charge in [-0.15, -0.1) is 0 Å². The van der Waals surface area contributed by atoms with Gasteiger partial charge in [0.2, 0.25) is 5.95 Å². The predicted molar refractivity (Wildman–Crippen MR) is 97.4 cm³/mol. The standard InChI is InChI=1S/C17H26N6O/c1-17(2,3)22-16-20-8-12-14(21-16)13(9-19-15(12)18)23-7-5-6-11(10-23)24-4/h8-9,11H,5-7,10H2,1-4H3,(H2,18,19)(H,20,21,22). The van der Waals surface area contributed by atoms with E-state index in [1.807, 2.05) is 6.20 Å². The first kappa shape index (κ1) is 16.7. The second-order valence-electron chi connectivity index (χ2n) is 7.31. The van der Waals surface area contributed by atoms with E-state index >= 15 is 0 Å². The zero-order chi connectivity index (χ0) is 17.3. The number of ether oxygens (including phenoxy) is 1. The Morgan fingerprint density at radius 1 is 1.29 bits per heavy atom. The number of piperidine rings is 1. The van der Waals surface area contributed by atoms with Crippen molar-refractivity contribution in [2.24, 2.45) is 0 Å². The summed E-state index contributed by atoms with van der Waals surface area (Å²) in [4.78, 5) is 15.7. The van der Waals surface area contributed by atoms with Gasteiger partial charge in [0.05, 0.1) is 23.4 Å². The average molecular weight is 330 g/mol. The number of pyridine rings is 1. The molecule has 1 fully saturated rings. The van der Waals surface area contributed by atoms with Crippen molar-refractivity contribution in [3.05, 3.63) is 12.4 Å². The zero-order valence-corrected chi connectivity index (χ0v) is 14.8. The van der Waals surface area contributed by atoms with Crippen molar-refractivity contribution in [1.29, 1.82) is 0 Å². The second-order valence-corrected chi connectivity index (χ2v) is 7.31. The summed E-state index contributed by atoms with van der Waals surface area (Å²) in [6.07, 6.45) is 5.96. The van der Waals surface area contributed by atoms with Gasteiger partial charge in [0.25, 0.3) is 0 Å². The fraction of sp³-hybridized carbons (Fsp3) is 0.588. The number of nitrogens with zero attached hydrogens (tertiary/aromatic N) is 4. The third-order valence-electron chi connectivity index (χ3n) is 4.17. The molecule has 1 saturated heterocycles. The largest absolute Gasteiger partial charge is 0.383 e. The highest BCUT2D eigenvalue weighted by Crippen LogP contribution is 2.30. The normalized spacial score (nSPS) is 18.8. The highest BCUT2D eigenvalue weighted by atomic mass is 16.5. The molecule has 1 aliphatic heterocycles. The first-order valence-corrected chi connectivity index (χ1v) is 8.34. The van der Waals surface area contributed by atoms with E-state index in [1.54, 1.807) is 13.3 Å². The number of nitrogens with one attached hydrogen (secondary N) is 1. The molecule has 3 N–H and O–H groups in total. The number of nitrogen functional groups attached to an aromatic ring is 1. The lowest BCUT2D eigenvalue weighted by Crippen LogP contribution is -2.39. The predicted octanol–water partition coefficient (Wildman–Crippen LogP) is 2.43. The van der Waals surface area contributed by atoms with E-state index in [0.29, 0.717) is 11.8 Å². The Bertz CT molecular complexity index is 727. The maximum atomic E-state index is 6.03. The van der Waals surface area contributed by atoms with Crippen LogP contribution in [0.5, 0.6) is 0 Å². The van der Waals surface area contributed by atoms with E-state index in [1.165, 1.54) is 0 Å². The van der Waals surface area contributed by atoms with Crippen molar-refractivity contribution in [2.45, 2.75) is 45.3 Å². The smallest absolute Gasteiger partial charge is 0.223 e. The Kier molecular flexibility index (Phi) is 4.45. The van der Waals surface area contributed by atoms with Crippen molar-refractivity contribution in [3.63, 3.8) is 0 Å². The fourth-order valence-electron chi connectivity index (χ4n) is 3.00. The third-order valence-corrected chi connectivity index (χ3v) is 4.17. The van der Waals surface area contributed by atoms with Gasteiger partial charge in [-0.05, 0) is 33.6 Å². The molecule has 0 bridgehead atoms. The summed E-state index contributed by atoms with van der Waals surface area (Å²) >= 11 is 0. The quantitative estimate of drug-likeness (QED) is 0.893. The van der Waals surface area contributed by atoms with E-state index in [2.05, 4.69) is 41.0 Å². The molecule has 0 amide bonds. The van der Waals surface area contributed by atoms with Gasteiger partial charge in [0.1, 0.15) is 11.3 Å². The average Bonchev–Trinajstić information content (AvgIpc) is 2.53. The van der Waals surface area contributed by atoms with E-state index < -0.39 is 0 Å². The van der Waals surface area contributed by atoms with Crippen LogP contribution >= 0.6 is 0 Å². The highest BCUT2D eigenvalue weighted by molar-refractivity contribution is 5.96. The molecule has 0 radical (unpaired) electrons. The molecule has 1 unspecified atom stereocenters. The Morgan fingerprint density at radius 3 is 2.79 bits per heavy atom. The Morgan fingerprint density at radius 2 is 2.08 bits per heavy atom. The monoisotopic (exact) mass is 330 g/mol. The van der Waals surface area contributed by atoms with Crippen LogP contribution in [0, 0.1) is 0 Å². The van der Waals surface area contributed by atoms with Gasteiger partial charge >= 0.3 is 0 Å². The van der Waals surface area contributed by atoms with Crippen LogP contribution in [-0.2, 0) is 4.74 Å². The maximum Gasteiger partial charge on any atom is 0.223 e. The molecule has 2 aromatic heterocycles. The third kappa shape index (κ3) is 3.51. The van der Waals surface area contributed by atoms with Gasteiger partial charge in [0, 0.05) is 31.9 Å². The van der Waals surface area contributed by atoms with E-state index in [0.717, 1.165) is 42.5 Å². The Labute approximate surface area is 142 Å². The molecule has 0 aromatic carbocycles. The fourth-order valence-corrected chi connectivity index (χ4v) is 3.00. The molecule has 0 saturated carbocycles.